The molecule has 0 atom stereocenters. The van der Waals surface area contributed by atoms with Crippen molar-refractivity contribution in [2.45, 2.75) is 6.54 Å². The highest BCUT2D eigenvalue weighted by atomic mass is 35.5. The zero-order valence-corrected chi connectivity index (χ0v) is 14.7. The van der Waals surface area contributed by atoms with E-state index in [2.05, 4.69) is 4.98 Å². The summed E-state index contributed by atoms with van der Waals surface area (Å²) in [6, 6.07) is 12.8. The molecule has 3 aromatic heterocycles. The number of fused-ring (bicyclic) bond motifs is 1. The van der Waals surface area contributed by atoms with Crippen molar-refractivity contribution >= 4 is 55.5 Å². The first-order valence-corrected chi connectivity index (χ1v) is 9.22. The van der Waals surface area contributed by atoms with E-state index in [1.54, 1.807) is 23.3 Å². The molecular formula is C17H11ClN2O2S2. The number of carbonyl (C=O) groups excluding carboxylic acids is 1. The first kappa shape index (κ1) is 15.4. The second-order valence-electron chi connectivity index (χ2n) is 5.06. The number of anilines is 1. The van der Waals surface area contributed by atoms with Gasteiger partial charge in [0.05, 0.1) is 27.9 Å². The van der Waals surface area contributed by atoms with Crippen molar-refractivity contribution in [1.29, 1.82) is 0 Å². The topological polar surface area (TPSA) is 46.3 Å². The summed E-state index contributed by atoms with van der Waals surface area (Å²) >= 11 is 8.90. The van der Waals surface area contributed by atoms with Gasteiger partial charge in [0.2, 0.25) is 0 Å². The number of amides is 1. The van der Waals surface area contributed by atoms with E-state index in [-0.39, 0.29) is 5.91 Å². The van der Waals surface area contributed by atoms with Gasteiger partial charge >= 0.3 is 0 Å². The minimum absolute atomic E-state index is 0.0912. The molecule has 4 nitrogen and oxygen atoms in total. The van der Waals surface area contributed by atoms with Crippen LogP contribution in [-0.2, 0) is 6.54 Å². The third kappa shape index (κ3) is 2.96. The highest BCUT2D eigenvalue weighted by molar-refractivity contribution is 7.22. The normalized spacial score (nSPS) is 11.0. The quantitative estimate of drug-likeness (QED) is 0.477. The molecule has 0 aliphatic carbocycles. The molecule has 0 bridgehead atoms. The van der Waals surface area contributed by atoms with Gasteiger partial charge in [-0.15, -0.1) is 11.3 Å². The lowest BCUT2D eigenvalue weighted by molar-refractivity contribution is 0.0987. The molecule has 0 spiro atoms. The standard InChI is InChI=1S/C17H11ClN2O2S2/c18-11-5-6-13-15(9-11)24-17(19-13)20(10-12-3-1-7-22-12)16(21)14-4-2-8-23-14/h1-9H,10H2. The number of carbonyl (C=O) groups is 1. The molecule has 1 aromatic carbocycles. The molecule has 3 heterocycles. The summed E-state index contributed by atoms with van der Waals surface area (Å²) in [6.45, 7) is 0.331. The van der Waals surface area contributed by atoms with Crippen molar-refractivity contribution < 1.29 is 9.21 Å². The average Bonchev–Trinajstić information content (AvgIpc) is 3.31. The molecule has 0 radical (unpaired) electrons. The van der Waals surface area contributed by atoms with Crippen LogP contribution >= 0.6 is 34.3 Å². The van der Waals surface area contributed by atoms with Crippen LogP contribution in [0.25, 0.3) is 10.2 Å². The summed E-state index contributed by atoms with van der Waals surface area (Å²) in [6.07, 6.45) is 1.60. The van der Waals surface area contributed by atoms with Crippen LogP contribution in [0.3, 0.4) is 0 Å². The van der Waals surface area contributed by atoms with Gasteiger partial charge in [0.25, 0.3) is 5.91 Å². The molecule has 4 rings (SSSR count). The Balaban J connectivity index is 1.76. The first-order valence-electron chi connectivity index (χ1n) is 7.14. The Morgan fingerprint density at radius 2 is 2.17 bits per heavy atom. The summed E-state index contributed by atoms with van der Waals surface area (Å²) in [4.78, 5) is 19.8. The van der Waals surface area contributed by atoms with Gasteiger partial charge in [-0.2, -0.15) is 0 Å². The van der Waals surface area contributed by atoms with E-state index in [0.29, 0.717) is 27.3 Å². The number of hydrogen-bond acceptors (Lipinski definition) is 5. The van der Waals surface area contributed by atoms with Crippen LogP contribution in [0.4, 0.5) is 5.13 Å². The molecule has 120 valence electrons. The van der Waals surface area contributed by atoms with Gasteiger partial charge in [0.1, 0.15) is 5.76 Å². The second-order valence-corrected chi connectivity index (χ2v) is 7.45. The molecule has 0 fully saturated rings. The Hall–Kier alpha value is -2.15. The molecular weight excluding hydrogens is 364 g/mol. The number of rotatable bonds is 4. The molecule has 0 unspecified atom stereocenters. The van der Waals surface area contributed by atoms with Crippen molar-refractivity contribution in [3.8, 4) is 0 Å². The van der Waals surface area contributed by atoms with Crippen LogP contribution in [0.15, 0.2) is 58.5 Å². The number of aromatic nitrogens is 1. The molecule has 0 saturated carbocycles. The third-order valence-corrected chi connectivity index (χ3v) is 5.58. The van der Waals surface area contributed by atoms with Crippen LogP contribution in [0, 0.1) is 0 Å². The zero-order chi connectivity index (χ0) is 16.5. The van der Waals surface area contributed by atoms with Crippen molar-refractivity contribution in [3.63, 3.8) is 0 Å². The number of hydrogen-bond donors (Lipinski definition) is 0. The van der Waals surface area contributed by atoms with Gasteiger partial charge in [0.15, 0.2) is 5.13 Å². The smallest absolute Gasteiger partial charge is 0.270 e. The lowest BCUT2D eigenvalue weighted by atomic mass is 10.3. The Kier molecular flexibility index (Phi) is 4.10. The average molecular weight is 375 g/mol. The van der Waals surface area contributed by atoms with E-state index in [0.717, 1.165) is 10.2 Å². The summed E-state index contributed by atoms with van der Waals surface area (Å²) in [5.74, 6) is 0.615. The van der Waals surface area contributed by atoms with Crippen LogP contribution in [0.1, 0.15) is 15.4 Å². The Bertz CT molecular complexity index is 978. The second kappa shape index (κ2) is 6.39. The number of halogens is 1. The van der Waals surface area contributed by atoms with Gasteiger partial charge in [-0.25, -0.2) is 4.98 Å². The van der Waals surface area contributed by atoms with Crippen molar-refractivity contribution in [3.05, 3.63) is 69.8 Å². The maximum atomic E-state index is 12.9. The van der Waals surface area contributed by atoms with Crippen LogP contribution < -0.4 is 4.90 Å². The van der Waals surface area contributed by atoms with E-state index in [1.807, 2.05) is 35.7 Å². The summed E-state index contributed by atoms with van der Waals surface area (Å²) in [5, 5.41) is 3.16. The minimum atomic E-state index is -0.0912. The molecule has 0 saturated heterocycles. The summed E-state index contributed by atoms with van der Waals surface area (Å²) < 4.78 is 6.36. The van der Waals surface area contributed by atoms with Gasteiger partial charge in [-0.3, -0.25) is 9.69 Å². The van der Waals surface area contributed by atoms with E-state index in [1.165, 1.54) is 22.7 Å². The predicted octanol–water partition coefficient (Wildman–Crippen LogP) is 5.45. The van der Waals surface area contributed by atoms with Crippen molar-refractivity contribution in [2.24, 2.45) is 0 Å². The monoisotopic (exact) mass is 374 g/mol. The molecule has 4 aromatic rings. The molecule has 0 aliphatic heterocycles. The Morgan fingerprint density at radius 3 is 2.92 bits per heavy atom. The van der Waals surface area contributed by atoms with Crippen LogP contribution in [-0.4, -0.2) is 10.9 Å². The number of thiophene rings is 1. The lowest BCUT2D eigenvalue weighted by Gasteiger charge is -2.17. The number of benzene rings is 1. The van der Waals surface area contributed by atoms with Gasteiger partial charge < -0.3 is 4.42 Å². The van der Waals surface area contributed by atoms with E-state index in [4.69, 9.17) is 16.0 Å². The van der Waals surface area contributed by atoms with Gasteiger partial charge in [-0.05, 0) is 41.8 Å². The van der Waals surface area contributed by atoms with Gasteiger partial charge in [-0.1, -0.05) is 29.0 Å². The number of nitrogens with zero attached hydrogens (tertiary/aromatic N) is 2. The van der Waals surface area contributed by atoms with Crippen LogP contribution in [0.2, 0.25) is 5.02 Å². The lowest BCUT2D eigenvalue weighted by Crippen LogP contribution is -2.29. The maximum absolute atomic E-state index is 12.9. The highest BCUT2D eigenvalue weighted by Crippen LogP contribution is 2.32. The summed E-state index contributed by atoms with van der Waals surface area (Å²) in [7, 11) is 0. The molecule has 0 N–H and O–H groups in total. The van der Waals surface area contributed by atoms with E-state index in [9.17, 15) is 4.79 Å². The number of furan rings is 1. The highest BCUT2D eigenvalue weighted by Gasteiger charge is 2.23. The fourth-order valence-corrected chi connectivity index (χ4v) is 4.23. The maximum Gasteiger partial charge on any atom is 0.270 e. The SMILES string of the molecule is O=C(c1cccs1)N(Cc1ccco1)c1nc2ccc(Cl)cc2s1. The number of thiazole rings is 1. The van der Waals surface area contributed by atoms with Gasteiger partial charge in [0, 0.05) is 5.02 Å². The minimum Gasteiger partial charge on any atom is -0.467 e. The predicted molar refractivity (Wildman–Crippen MR) is 98.2 cm³/mol. The summed E-state index contributed by atoms with van der Waals surface area (Å²) in [5.41, 5.74) is 0.822. The van der Waals surface area contributed by atoms with Crippen molar-refractivity contribution in [1.82, 2.24) is 4.98 Å². The fourth-order valence-electron chi connectivity index (χ4n) is 2.32. The van der Waals surface area contributed by atoms with E-state index >= 15 is 0 Å². The molecule has 0 aliphatic rings. The van der Waals surface area contributed by atoms with Crippen molar-refractivity contribution in [2.75, 3.05) is 4.90 Å². The third-order valence-electron chi connectivity index (χ3n) is 3.44. The molecule has 1 amide bonds. The largest absolute Gasteiger partial charge is 0.467 e. The molecule has 7 heteroatoms. The Labute approximate surface area is 150 Å². The molecule has 24 heavy (non-hydrogen) atoms. The van der Waals surface area contributed by atoms with Crippen LogP contribution in [0.5, 0.6) is 0 Å². The first-order chi connectivity index (χ1) is 11.7. The van der Waals surface area contributed by atoms with E-state index < -0.39 is 0 Å². The fraction of sp³-hybridized carbons (Fsp3) is 0.0588. The zero-order valence-electron chi connectivity index (χ0n) is 12.3. The Morgan fingerprint density at radius 1 is 1.25 bits per heavy atom.